The molecule has 0 heterocycles. The van der Waals surface area contributed by atoms with E-state index in [1.807, 2.05) is 6.92 Å². The van der Waals surface area contributed by atoms with Crippen LogP contribution in [0.3, 0.4) is 0 Å². The van der Waals surface area contributed by atoms with Gasteiger partial charge in [-0.05, 0) is 13.0 Å². The quantitative estimate of drug-likeness (QED) is 0.497. The molecule has 4 N–H and O–H groups in total. The SMILES string of the molecule is CCN[C@H](CCC(=O)O)C(N)=O. The molecular weight excluding hydrogens is 160 g/mol. The largest absolute Gasteiger partial charge is 0.481 e. The Kier molecular flexibility index (Phi) is 5.03. The Morgan fingerprint density at radius 1 is 1.58 bits per heavy atom. The van der Waals surface area contributed by atoms with Crippen molar-refractivity contribution < 1.29 is 14.7 Å². The minimum Gasteiger partial charge on any atom is -0.481 e. The van der Waals surface area contributed by atoms with Crippen molar-refractivity contribution >= 4 is 11.9 Å². The molecule has 0 radical (unpaired) electrons. The first-order valence-corrected chi connectivity index (χ1v) is 3.82. The number of carboxylic acid groups (broad SMARTS) is 1. The molecule has 1 atom stereocenters. The summed E-state index contributed by atoms with van der Waals surface area (Å²) >= 11 is 0. The summed E-state index contributed by atoms with van der Waals surface area (Å²) in [4.78, 5) is 20.8. The van der Waals surface area contributed by atoms with Gasteiger partial charge in [0.1, 0.15) is 0 Å². The van der Waals surface area contributed by atoms with Gasteiger partial charge in [-0.25, -0.2) is 0 Å². The van der Waals surface area contributed by atoms with E-state index in [0.717, 1.165) is 0 Å². The van der Waals surface area contributed by atoms with Crippen LogP contribution < -0.4 is 11.1 Å². The Morgan fingerprint density at radius 3 is 2.50 bits per heavy atom. The highest BCUT2D eigenvalue weighted by Gasteiger charge is 2.14. The summed E-state index contributed by atoms with van der Waals surface area (Å²) in [6, 6.07) is -0.522. The van der Waals surface area contributed by atoms with Gasteiger partial charge in [-0.2, -0.15) is 0 Å². The van der Waals surface area contributed by atoms with Crippen LogP contribution in [0.25, 0.3) is 0 Å². The van der Waals surface area contributed by atoms with Gasteiger partial charge < -0.3 is 16.2 Å². The summed E-state index contributed by atoms with van der Waals surface area (Å²) in [7, 11) is 0. The summed E-state index contributed by atoms with van der Waals surface area (Å²) in [6.07, 6.45) is 0.207. The number of likely N-dealkylation sites (N-methyl/N-ethyl adjacent to an activating group) is 1. The van der Waals surface area contributed by atoms with E-state index < -0.39 is 17.9 Å². The van der Waals surface area contributed by atoms with Crippen molar-refractivity contribution in [3.8, 4) is 0 Å². The number of carboxylic acids is 1. The standard InChI is InChI=1S/C7H14N2O3/c1-2-9-5(7(8)12)3-4-6(10)11/h5,9H,2-4H2,1H3,(H2,8,12)(H,10,11)/t5-/m1/s1. The van der Waals surface area contributed by atoms with Crippen LogP contribution in [0.1, 0.15) is 19.8 Å². The lowest BCUT2D eigenvalue weighted by molar-refractivity contribution is -0.137. The van der Waals surface area contributed by atoms with E-state index in [1.165, 1.54) is 0 Å². The molecule has 0 bridgehead atoms. The van der Waals surface area contributed by atoms with Gasteiger partial charge in [0.15, 0.2) is 0 Å². The molecule has 0 rings (SSSR count). The minimum atomic E-state index is -0.917. The molecule has 0 unspecified atom stereocenters. The zero-order valence-corrected chi connectivity index (χ0v) is 7.04. The van der Waals surface area contributed by atoms with Crippen LogP contribution in [-0.4, -0.2) is 29.6 Å². The molecule has 0 fully saturated rings. The maximum absolute atomic E-state index is 10.7. The second-order valence-corrected chi connectivity index (χ2v) is 2.45. The third-order valence-electron chi connectivity index (χ3n) is 1.44. The van der Waals surface area contributed by atoms with Gasteiger partial charge >= 0.3 is 5.97 Å². The third-order valence-corrected chi connectivity index (χ3v) is 1.44. The number of nitrogens with one attached hydrogen (secondary N) is 1. The molecule has 0 aliphatic heterocycles. The van der Waals surface area contributed by atoms with Gasteiger partial charge in [-0.3, -0.25) is 9.59 Å². The van der Waals surface area contributed by atoms with Crippen molar-refractivity contribution in [1.29, 1.82) is 0 Å². The number of hydrogen-bond donors (Lipinski definition) is 3. The number of primary amides is 1. The van der Waals surface area contributed by atoms with E-state index in [-0.39, 0.29) is 12.8 Å². The normalized spacial score (nSPS) is 12.4. The smallest absolute Gasteiger partial charge is 0.303 e. The molecular formula is C7H14N2O3. The number of carbonyl (C=O) groups is 2. The van der Waals surface area contributed by atoms with Crippen molar-refractivity contribution in [3.63, 3.8) is 0 Å². The zero-order valence-electron chi connectivity index (χ0n) is 7.04. The Hall–Kier alpha value is -1.10. The molecule has 5 heteroatoms. The number of carbonyl (C=O) groups excluding carboxylic acids is 1. The van der Waals surface area contributed by atoms with Gasteiger partial charge in [-0.1, -0.05) is 6.92 Å². The molecule has 0 saturated heterocycles. The number of hydrogen-bond acceptors (Lipinski definition) is 3. The van der Waals surface area contributed by atoms with Crippen molar-refractivity contribution in [2.75, 3.05) is 6.54 Å². The monoisotopic (exact) mass is 174 g/mol. The van der Waals surface area contributed by atoms with Crippen LogP contribution >= 0.6 is 0 Å². The topological polar surface area (TPSA) is 92.4 Å². The average molecular weight is 174 g/mol. The van der Waals surface area contributed by atoms with Gasteiger partial charge in [-0.15, -0.1) is 0 Å². The van der Waals surface area contributed by atoms with Gasteiger partial charge in [0.2, 0.25) is 5.91 Å². The van der Waals surface area contributed by atoms with Crippen LogP contribution in [-0.2, 0) is 9.59 Å². The summed E-state index contributed by atoms with van der Waals surface area (Å²) in [5, 5.41) is 11.1. The highest BCUT2D eigenvalue weighted by atomic mass is 16.4. The van der Waals surface area contributed by atoms with Crippen molar-refractivity contribution in [2.24, 2.45) is 5.73 Å². The van der Waals surface area contributed by atoms with Crippen LogP contribution in [0.4, 0.5) is 0 Å². The van der Waals surface area contributed by atoms with Crippen LogP contribution in [0.5, 0.6) is 0 Å². The van der Waals surface area contributed by atoms with Gasteiger partial charge in [0.25, 0.3) is 0 Å². The number of amides is 1. The van der Waals surface area contributed by atoms with Crippen molar-refractivity contribution in [3.05, 3.63) is 0 Å². The first-order chi connectivity index (χ1) is 5.57. The van der Waals surface area contributed by atoms with E-state index in [0.29, 0.717) is 6.54 Å². The van der Waals surface area contributed by atoms with Crippen LogP contribution in [0, 0.1) is 0 Å². The maximum atomic E-state index is 10.7. The van der Waals surface area contributed by atoms with Crippen molar-refractivity contribution in [2.45, 2.75) is 25.8 Å². The fourth-order valence-electron chi connectivity index (χ4n) is 0.859. The summed E-state index contributed by atoms with van der Waals surface area (Å²) in [5.74, 6) is -1.42. The summed E-state index contributed by atoms with van der Waals surface area (Å²) in [5.41, 5.74) is 5.01. The lowest BCUT2D eigenvalue weighted by Gasteiger charge is -2.11. The third kappa shape index (κ3) is 4.68. The number of nitrogens with two attached hydrogens (primary N) is 1. The molecule has 0 aromatic heterocycles. The fraction of sp³-hybridized carbons (Fsp3) is 0.714. The Balaban J connectivity index is 3.79. The maximum Gasteiger partial charge on any atom is 0.303 e. The predicted octanol–water partition coefficient (Wildman–Crippen LogP) is -0.685. The lowest BCUT2D eigenvalue weighted by atomic mass is 10.1. The zero-order chi connectivity index (χ0) is 9.56. The summed E-state index contributed by atoms with van der Waals surface area (Å²) in [6.45, 7) is 2.43. The van der Waals surface area contributed by atoms with Crippen LogP contribution in [0.2, 0.25) is 0 Å². The van der Waals surface area contributed by atoms with E-state index in [2.05, 4.69) is 5.32 Å². The fourth-order valence-corrected chi connectivity index (χ4v) is 0.859. The second kappa shape index (κ2) is 5.54. The number of aliphatic carboxylic acids is 1. The molecule has 70 valence electrons. The minimum absolute atomic E-state index is 0.0411. The molecule has 0 saturated carbocycles. The predicted molar refractivity (Wildman–Crippen MR) is 43.5 cm³/mol. The first kappa shape index (κ1) is 10.9. The van der Waals surface area contributed by atoms with E-state index in [4.69, 9.17) is 10.8 Å². The van der Waals surface area contributed by atoms with E-state index in [9.17, 15) is 9.59 Å². The van der Waals surface area contributed by atoms with Gasteiger partial charge in [0.05, 0.1) is 6.04 Å². The molecule has 12 heavy (non-hydrogen) atoms. The Labute approximate surface area is 70.9 Å². The second-order valence-electron chi connectivity index (χ2n) is 2.45. The highest BCUT2D eigenvalue weighted by Crippen LogP contribution is 1.96. The molecule has 0 spiro atoms. The molecule has 0 aromatic rings. The molecule has 0 aromatic carbocycles. The molecule has 0 aliphatic rings. The van der Waals surface area contributed by atoms with E-state index in [1.54, 1.807) is 0 Å². The lowest BCUT2D eigenvalue weighted by Crippen LogP contribution is -2.41. The van der Waals surface area contributed by atoms with E-state index >= 15 is 0 Å². The number of rotatable bonds is 6. The van der Waals surface area contributed by atoms with Crippen molar-refractivity contribution in [1.82, 2.24) is 5.32 Å². The average Bonchev–Trinajstić information content (AvgIpc) is 1.96. The molecule has 1 amide bonds. The molecule has 5 nitrogen and oxygen atoms in total. The Bertz CT molecular complexity index is 170. The van der Waals surface area contributed by atoms with Gasteiger partial charge in [0, 0.05) is 6.42 Å². The van der Waals surface area contributed by atoms with Crippen LogP contribution in [0.15, 0.2) is 0 Å². The first-order valence-electron chi connectivity index (χ1n) is 3.82. The summed E-state index contributed by atoms with van der Waals surface area (Å²) < 4.78 is 0. The highest BCUT2D eigenvalue weighted by molar-refractivity contribution is 5.80. The molecule has 0 aliphatic carbocycles. The Morgan fingerprint density at radius 2 is 2.17 bits per heavy atom.